The molecule has 0 fully saturated rings. The van der Waals surface area contributed by atoms with Gasteiger partial charge >= 0.3 is 0 Å². The molecule has 0 aliphatic heterocycles. The fourth-order valence-corrected chi connectivity index (χ4v) is 2.69. The Bertz CT molecular complexity index is 1180. The number of nitriles is 1. The quantitative estimate of drug-likeness (QED) is 0.571. The van der Waals surface area contributed by atoms with Crippen molar-refractivity contribution in [3.8, 4) is 17.2 Å². The molecule has 0 radical (unpaired) electrons. The Labute approximate surface area is 153 Å². The van der Waals surface area contributed by atoms with Crippen molar-refractivity contribution in [3.63, 3.8) is 0 Å². The topological polar surface area (TPSA) is 127 Å². The molecule has 1 amide bonds. The van der Waals surface area contributed by atoms with E-state index in [2.05, 4.69) is 20.5 Å². The lowest BCUT2D eigenvalue weighted by molar-refractivity contribution is -0.116. The number of anilines is 2. The molecule has 0 aliphatic carbocycles. The van der Waals surface area contributed by atoms with E-state index in [0.717, 1.165) is 11.1 Å². The van der Waals surface area contributed by atoms with Crippen LogP contribution in [0.25, 0.3) is 16.8 Å². The second-order valence-electron chi connectivity index (χ2n) is 5.86. The third kappa shape index (κ3) is 3.45. The average Bonchev–Trinajstić information content (AvgIpc) is 3.26. The maximum atomic E-state index is 12.2. The number of hydrogen-bond donors (Lipinski definition) is 2. The Morgan fingerprint density at radius 1 is 1.26 bits per heavy atom. The summed E-state index contributed by atoms with van der Waals surface area (Å²) < 4.78 is 3.13. The van der Waals surface area contributed by atoms with Crippen LogP contribution in [-0.4, -0.2) is 30.3 Å². The first-order chi connectivity index (χ1) is 13.1. The van der Waals surface area contributed by atoms with Crippen LogP contribution in [-0.2, 0) is 11.3 Å². The summed E-state index contributed by atoms with van der Waals surface area (Å²) in [5, 5.41) is 19.9. The van der Waals surface area contributed by atoms with Gasteiger partial charge in [0.15, 0.2) is 5.65 Å². The standard InChI is InChI=1S/C18H14N8O/c19-8-12-2-1-3-15(6-12)22-17(27)11-25-10-14(9-21-25)13-4-5-26-16(7-13)23-18(20)24-26/h1-7,9-10H,11H2,(H2,20,24)(H,22,27). The van der Waals surface area contributed by atoms with E-state index >= 15 is 0 Å². The van der Waals surface area contributed by atoms with E-state index in [0.29, 0.717) is 16.9 Å². The molecule has 0 saturated heterocycles. The predicted octanol–water partition coefficient (Wildman–Crippen LogP) is 1.69. The van der Waals surface area contributed by atoms with E-state index in [4.69, 9.17) is 11.0 Å². The zero-order chi connectivity index (χ0) is 18.8. The molecule has 4 aromatic rings. The molecule has 0 aliphatic rings. The molecule has 3 N–H and O–H groups in total. The van der Waals surface area contributed by atoms with Crippen molar-refractivity contribution in [2.45, 2.75) is 6.54 Å². The number of benzene rings is 1. The summed E-state index contributed by atoms with van der Waals surface area (Å²) in [6.07, 6.45) is 5.21. The van der Waals surface area contributed by atoms with Crippen LogP contribution < -0.4 is 11.1 Å². The van der Waals surface area contributed by atoms with Gasteiger partial charge in [-0.1, -0.05) is 6.07 Å². The number of fused-ring (bicyclic) bond motifs is 1. The molecule has 0 unspecified atom stereocenters. The molecule has 4 rings (SSSR count). The van der Waals surface area contributed by atoms with Gasteiger partial charge in [0.1, 0.15) is 6.54 Å². The highest BCUT2D eigenvalue weighted by atomic mass is 16.2. The number of rotatable bonds is 4. The third-order valence-corrected chi connectivity index (χ3v) is 3.90. The predicted molar refractivity (Wildman–Crippen MR) is 98.4 cm³/mol. The summed E-state index contributed by atoms with van der Waals surface area (Å²) in [6, 6.07) is 12.5. The number of nitrogen functional groups attached to an aromatic ring is 1. The molecule has 27 heavy (non-hydrogen) atoms. The smallest absolute Gasteiger partial charge is 0.246 e. The van der Waals surface area contributed by atoms with E-state index in [1.807, 2.05) is 18.2 Å². The lowest BCUT2D eigenvalue weighted by atomic mass is 10.1. The molecule has 3 heterocycles. The van der Waals surface area contributed by atoms with Crippen LogP contribution in [0.2, 0.25) is 0 Å². The number of nitrogens with one attached hydrogen (secondary N) is 1. The van der Waals surface area contributed by atoms with Gasteiger partial charge in [0, 0.05) is 23.6 Å². The summed E-state index contributed by atoms with van der Waals surface area (Å²) in [4.78, 5) is 16.3. The molecule has 132 valence electrons. The lowest BCUT2D eigenvalue weighted by Crippen LogP contribution is -2.19. The van der Waals surface area contributed by atoms with Crippen molar-refractivity contribution >= 4 is 23.2 Å². The van der Waals surface area contributed by atoms with Gasteiger partial charge in [0.05, 0.1) is 17.8 Å². The summed E-state index contributed by atoms with van der Waals surface area (Å²) >= 11 is 0. The van der Waals surface area contributed by atoms with Crippen molar-refractivity contribution in [1.29, 1.82) is 5.26 Å². The van der Waals surface area contributed by atoms with Gasteiger partial charge in [-0.05, 0) is 35.9 Å². The molecule has 3 aromatic heterocycles. The Kier molecular flexibility index (Phi) is 3.99. The van der Waals surface area contributed by atoms with Crippen LogP contribution in [0.4, 0.5) is 11.6 Å². The minimum atomic E-state index is -0.236. The number of nitrogens with zero attached hydrogens (tertiary/aromatic N) is 6. The van der Waals surface area contributed by atoms with Gasteiger partial charge in [0.25, 0.3) is 0 Å². The Hall–Kier alpha value is -4.19. The van der Waals surface area contributed by atoms with Crippen molar-refractivity contribution in [2.75, 3.05) is 11.1 Å². The van der Waals surface area contributed by atoms with E-state index in [1.165, 1.54) is 0 Å². The SMILES string of the molecule is N#Cc1cccc(NC(=O)Cn2cc(-c3ccn4nc(N)nc4c3)cn2)c1. The summed E-state index contributed by atoms with van der Waals surface area (Å²) in [5.74, 6) is -0.0274. The Morgan fingerprint density at radius 3 is 3.00 bits per heavy atom. The molecular weight excluding hydrogens is 344 g/mol. The van der Waals surface area contributed by atoms with Gasteiger partial charge in [-0.15, -0.1) is 5.10 Å². The summed E-state index contributed by atoms with van der Waals surface area (Å²) in [7, 11) is 0. The molecular formula is C18H14N8O. The maximum Gasteiger partial charge on any atom is 0.246 e. The minimum Gasteiger partial charge on any atom is -0.366 e. The third-order valence-electron chi connectivity index (χ3n) is 3.90. The normalized spacial score (nSPS) is 10.6. The highest BCUT2D eigenvalue weighted by molar-refractivity contribution is 5.90. The molecule has 0 spiro atoms. The zero-order valence-electron chi connectivity index (χ0n) is 14.1. The summed E-state index contributed by atoms with van der Waals surface area (Å²) in [5.41, 5.74) is 9.02. The van der Waals surface area contributed by atoms with Gasteiger partial charge in [-0.2, -0.15) is 15.3 Å². The first kappa shape index (κ1) is 16.3. The van der Waals surface area contributed by atoms with E-state index in [9.17, 15) is 4.79 Å². The summed E-state index contributed by atoms with van der Waals surface area (Å²) in [6.45, 7) is 0.0525. The van der Waals surface area contributed by atoms with Gasteiger partial charge in [-0.25, -0.2) is 4.52 Å². The van der Waals surface area contributed by atoms with Crippen LogP contribution >= 0.6 is 0 Å². The fraction of sp³-hybridized carbons (Fsp3) is 0.0556. The Balaban J connectivity index is 1.48. The van der Waals surface area contributed by atoms with Crippen LogP contribution in [0, 0.1) is 11.3 Å². The number of nitrogens with two attached hydrogens (primary N) is 1. The highest BCUT2D eigenvalue weighted by Gasteiger charge is 2.09. The van der Waals surface area contributed by atoms with Crippen LogP contribution in [0.15, 0.2) is 55.0 Å². The second-order valence-corrected chi connectivity index (χ2v) is 5.86. The van der Waals surface area contributed by atoms with Gasteiger partial charge in [0.2, 0.25) is 11.9 Å². The molecule has 0 saturated carbocycles. The maximum absolute atomic E-state index is 12.2. The monoisotopic (exact) mass is 358 g/mol. The minimum absolute atomic E-state index is 0.0525. The van der Waals surface area contributed by atoms with Crippen molar-refractivity contribution < 1.29 is 4.79 Å². The molecule has 0 bridgehead atoms. The number of carbonyl (C=O) groups is 1. The number of hydrogen-bond acceptors (Lipinski definition) is 6. The number of aromatic nitrogens is 5. The average molecular weight is 358 g/mol. The van der Waals surface area contributed by atoms with E-state index < -0.39 is 0 Å². The highest BCUT2D eigenvalue weighted by Crippen LogP contribution is 2.20. The first-order valence-corrected chi connectivity index (χ1v) is 8.05. The second kappa shape index (κ2) is 6.61. The number of pyridine rings is 1. The lowest BCUT2D eigenvalue weighted by Gasteiger charge is -2.05. The van der Waals surface area contributed by atoms with E-state index in [-0.39, 0.29) is 18.4 Å². The van der Waals surface area contributed by atoms with Gasteiger partial charge in [-0.3, -0.25) is 9.48 Å². The van der Waals surface area contributed by atoms with Crippen LogP contribution in [0.5, 0.6) is 0 Å². The Morgan fingerprint density at radius 2 is 2.15 bits per heavy atom. The van der Waals surface area contributed by atoms with Crippen molar-refractivity contribution in [2.24, 2.45) is 0 Å². The van der Waals surface area contributed by atoms with Crippen LogP contribution in [0.3, 0.4) is 0 Å². The molecule has 9 nitrogen and oxygen atoms in total. The molecule has 9 heteroatoms. The van der Waals surface area contributed by atoms with Crippen molar-refractivity contribution in [3.05, 3.63) is 60.6 Å². The van der Waals surface area contributed by atoms with E-state index in [1.54, 1.807) is 52.1 Å². The van der Waals surface area contributed by atoms with Crippen molar-refractivity contribution in [1.82, 2.24) is 24.4 Å². The molecule has 0 atom stereocenters. The number of carbonyl (C=O) groups excluding carboxylic acids is 1. The largest absolute Gasteiger partial charge is 0.366 e. The zero-order valence-corrected chi connectivity index (χ0v) is 14.1. The van der Waals surface area contributed by atoms with Crippen LogP contribution in [0.1, 0.15) is 5.56 Å². The van der Waals surface area contributed by atoms with Gasteiger partial charge < -0.3 is 11.1 Å². The fourth-order valence-electron chi connectivity index (χ4n) is 2.69. The first-order valence-electron chi connectivity index (χ1n) is 8.05. The molecule has 1 aromatic carbocycles. The number of amides is 1.